The van der Waals surface area contributed by atoms with E-state index in [2.05, 4.69) is 43.4 Å². The van der Waals surface area contributed by atoms with Gasteiger partial charge in [-0.3, -0.25) is 0 Å². The smallest absolute Gasteiger partial charge is 0.118 e. The first-order valence-corrected chi connectivity index (χ1v) is 7.26. The highest BCUT2D eigenvalue weighted by molar-refractivity contribution is 5.45. The molecule has 0 amide bonds. The third-order valence-corrected chi connectivity index (χ3v) is 3.58. The summed E-state index contributed by atoms with van der Waals surface area (Å²) in [5, 5.41) is 13.4. The molecular weight excluding hydrogens is 262 g/mol. The van der Waals surface area contributed by atoms with Crippen molar-refractivity contribution in [2.75, 3.05) is 19.0 Å². The lowest BCUT2D eigenvalue weighted by molar-refractivity contribution is 0.191. The van der Waals surface area contributed by atoms with Crippen LogP contribution in [0.1, 0.15) is 37.0 Å². The van der Waals surface area contributed by atoms with Gasteiger partial charge in [0.1, 0.15) is 5.75 Å². The van der Waals surface area contributed by atoms with Crippen molar-refractivity contribution in [3.8, 4) is 5.75 Å². The maximum absolute atomic E-state index is 10.2. The molecule has 0 fully saturated rings. The summed E-state index contributed by atoms with van der Waals surface area (Å²) in [5.41, 5.74) is 3.21. The number of hydrogen-bond donors (Lipinski definition) is 2. The Bertz CT molecular complexity index is 546. The third kappa shape index (κ3) is 4.23. The molecule has 21 heavy (non-hydrogen) atoms. The van der Waals surface area contributed by atoms with Crippen LogP contribution in [-0.2, 0) is 0 Å². The van der Waals surface area contributed by atoms with Crippen LogP contribution in [0.3, 0.4) is 0 Å². The van der Waals surface area contributed by atoms with Crippen LogP contribution in [0.5, 0.6) is 5.75 Å². The first-order valence-electron chi connectivity index (χ1n) is 7.26. The van der Waals surface area contributed by atoms with Crippen LogP contribution in [0.4, 0.5) is 5.69 Å². The van der Waals surface area contributed by atoms with Crippen LogP contribution >= 0.6 is 0 Å². The summed E-state index contributed by atoms with van der Waals surface area (Å²) in [6, 6.07) is 15.8. The van der Waals surface area contributed by atoms with Crippen LogP contribution in [0.25, 0.3) is 0 Å². The van der Waals surface area contributed by atoms with E-state index in [1.165, 1.54) is 5.56 Å². The predicted molar refractivity (Wildman–Crippen MR) is 87.0 cm³/mol. The monoisotopic (exact) mass is 285 g/mol. The summed E-state index contributed by atoms with van der Waals surface area (Å²) >= 11 is 0. The van der Waals surface area contributed by atoms with Gasteiger partial charge in [0, 0.05) is 12.2 Å². The fourth-order valence-electron chi connectivity index (χ4n) is 2.14. The molecule has 2 aromatic rings. The number of nitrogens with one attached hydrogen (secondary N) is 1. The Morgan fingerprint density at radius 2 is 1.52 bits per heavy atom. The van der Waals surface area contributed by atoms with Crippen molar-refractivity contribution < 1.29 is 9.84 Å². The Morgan fingerprint density at radius 1 is 0.952 bits per heavy atom. The summed E-state index contributed by atoms with van der Waals surface area (Å²) in [7, 11) is 1.63. The van der Waals surface area contributed by atoms with E-state index in [1.54, 1.807) is 7.11 Å². The van der Waals surface area contributed by atoms with E-state index in [0.29, 0.717) is 12.5 Å². The molecule has 0 aliphatic heterocycles. The Hall–Kier alpha value is -2.00. The van der Waals surface area contributed by atoms with Crippen molar-refractivity contribution in [2.45, 2.75) is 25.9 Å². The Morgan fingerprint density at radius 3 is 2.05 bits per heavy atom. The maximum atomic E-state index is 10.2. The average Bonchev–Trinajstić information content (AvgIpc) is 2.53. The van der Waals surface area contributed by atoms with Gasteiger partial charge in [-0.15, -0.1) is 0 Å². The van der Waals surface area contributed by atoms with Gasteiger partial charge in [-0.2, -0.15) is 0 Å². The van der Waals surface area contributed by atoms with Crippen LogP contribution in [-0.4, -0.2) is 18.8 Å². The van der Waals surface area contributed by atoms with Crippen LogP contribution in [0, 0.1) is 0 Å². The van der Waals surface area contributed by atoms with Crippen LogP contribution in [0.15, 0.2) is 48.5 Å². The molecular formula is C18H23NO2. The van der Waals surface area contributed by atoms with Gasteiger partial charge in [-0.25, -0.2) is 0 Å². The quantitative estimate of drug-likeness (QED) is 0.844. The van der Waals surface area contributed by atoms with Gasteiger partial charge < -0.3 is 15.2 Å². The van der Waals surface area contributed by atoms with Crippen molar-refractivity contribution in [1.29, 1.82) is 0 Å². The number of aliphatic hydroxyl groups excluding tert-OH is 1. The molecule has 3 nitrogen and oxygen atoms in total. The molecule has 0 aromatic heterocycles. The molecule has 0 aliphatic carbocycles. The molecule has 2 aromatic carbocycles. The fourth-order valence-corrected chi connectivity index (χ4v) is 2.14. The summed E-state index contributed by atoms with van der Waals surface area (Å²) in [5.74, 6) is 1.33. The second kappa shape index (κ2) is 7.14. The van der Waals surface area contributed by atoms with Crippen molar-refractivity contribution in [2.24, 2.45) is 0 Å². The normalized spacial score (nSPS) is 12.2. The zero-order chi connectivity index (χ0) is 15.2. The van der Waals surface area contributed by atoms with E-state index in [1.807, 2.05) is 24.3 Å². The number of ether oxygens (including phenoxy) is 1. The van der Waals surface area contributed by atoms with Crippen molar-refractivity contribution >= 4 is 5.69 Å². The van der Waals surface area contributed by atoms with Crippen LogP contribution < -0.4 is 10.1 Å². The Labute approximate surface area is 126 Å². The summed E-state index contributed by atoms with van der Waals surface area (Å²) in [6.07, 6.45) is -0.541. The fraction of sp³-hybridized carbons (Fsp3) is 0.333. The molecule has 3 heteroatoms. The maximum Gasteiger partial charge on any atom is 0.118 e. The summed E-state index contributed by atoms with van der Waals surface area (Å²) in [6.45, 7) is 4.83. The van der Waals surface area contributed by atoms with Crippen molar-refractivity contribution in [1.82, 2.24) is 0 Å². The van der Waals surface area contributed by atoms with Gasteiger partial charge in [0.2, 0.25) is 0 Å². The molecule has 2 N–H and O–H groups in total. The number of rotatable bonds is 6. The predicted octanol–water partition coefficient (Wildman–Crippen LogP) is 3.96. The lowest BCUT2D eigenvalue weighted by Gasteiger charge is -2.14. The zero-order valence-corrected chi connectivity index (χ0v) is 12.8. The van der Waals surface area contributed by atoms with Crippen molar-refractivity contribution in [3.63, 3.8) is 0 Å². The molecule has 0 spiro atoms. The average molecular weight is 285 g/mol. The minimum Gasteiger partial charge on any atom is -0.497 e. The molecule has 0 saturated carbocycles. The van der Waals surface area contributed by atoms with Gasteiger partial charge in [0.05, 0.1) is 13.2 Å². The highest BCUT2D eigenvalue weighted by atomic mass is 16.5. The number of anilines is 1. The lowest BCUT2D eigenvalue weighted by Crippen LogP contribution is -2.12. The van der Waals surface area contributed by atoms with Gasteiger partial charge in [-0.1, -0.05) is 38.1 Å². The van der Waals surface area contributed by atoms with E-state index < -0.39 is 6.10 Å². The van der Waals surface area contributed by atoms with E-state index in [-0.39, 0.29) is 0 Å². The Kier molecular flexibility index (Phi) is 5.23. The lowest BCUT2D eigenvalue weighted by atomic mass is 10.0. The molecule has 0 saturated heterocycles. The van der Waals surface area contributed by atoms with E-state index in [4.69, 9.17) is 4.74 Å². The highest BCUT2D eigenvalue weighted by Gasteiger charge is 2.07. The van der Waals surface area contributed by atoms with E-state index in [0.717, 1.165) is 17.0 Å². The summed E-state index contributed by atoms with van der Waals surface area (Å²) in [4.78, 5) is 0. The highest BCUT2D eigenvalue weighted by Crippen LogP contribution is 2.20. The van der Waals surface area contributed by atoms with Crippen LogP contribution in [0.2, 0.25) is 0 Å². The minimum absolute atomic E-state index is 0.480. The largest absolute Gasteiger partial charge is 0.497 e. The van der Waals surface area contributed by atoms with E-state index >= 15 is 0 Å². The topological polar surface area (TPSA) is 41.5 Å². The molecule has 0 heterocycles. The first kappa shape index (κ1) is 15.4. The second-order valence-electron chi connectivity index (χ2n) is 5.45. The molecule has 0 radical (unpaired) electrons. The second-order valence-corrected chi connectivity index (χ2v) is 5.45. The van der Waals surface area contributed by atoms with Gasteiger partial charge >= 0.3 is 0 Å². The van der Waals surface area contributed by atoms with Gasteiger partial charge in [0.25, 0.3) is 0 Å². The molecule has 0 aliphatic rings. The SMILES string of the molecule is COc1ccc(C(O)CNc2ccc(C(C)C)cc2)cc1. The molecule has 1 unspecified atom stereocenters. The number of benzene rings is 2. The summed E-state index contributed by atoms with van der Waals surface area (Å²) < 4.78 is 5.11. The zero-order valence-electron chi connectivity index (χ0n) is 12.8. The number of methoxy groups -OCH3 is 1. The van der Waals surface area contributed by atoms with E-state index in [9.17, 15) is 5.11 Å². The Balaban J connectivity index is 1.92. The number of aliphatic hydroxyl groups is 1. The number of hydrogen-bond acceptors (Lipinski definition) is 3. The van der Waals surface area contributed by atoms with Gasteiger partial charge in [0.15, 0.2) is 0 Å². The standard InChI is InChI=1S/C18H23NO2/c1-13(2)14-4-8-16(9-5-14)19-12-18(20)15-6-10-17(21-3)11-7-15/h4-11,13,18-20H,12H2,1-3H3. The molecule has 1 atom stereocenters. The van der Waals surface area contributed by atoms with Crippen molar-refractivity contribution in [3.05, 3.63) is 59.7 Å². The third-order valence-electron chi connectivity index (χ3n) is 3.58. The molecule has 112 valence electrons. The van der Waals surface area contributed by atoms with Gasteiger partial charge in [-0.05, 0) is 41.3 Å². The minimum atomic E-state index is -0.541. The molecule has 2 rings (SSSR count). The molecule has 0 bridgehead atoms. The first-order chi connectivity index (χ1) is 10.1.